The number of nitrogens with zero attached hydrogens (tertiary/aromatic N) is 1. The van der Waals surface area contributed by atoms with Gasteiger partial charge in [0.25, 0.3) is 0 Å². The summed E-state index contributed by atoms with van der Waals surface area (Å²) in [4.78, 5) is 7.65. The van der Waals surface area contributed by atoms with Crippen molar-refractivity contribution >= 4 is 0 Å². The summed E-state index contributed by atoms with van der Waals surface area (Å²) in [5.41, 5.74) is 1.19. The summed E-state index contributed by atoms with van der Waals surface area (Å²) in [6, 6.07) is 8.56. The molecule has 3 nitrogen and oxygen atoms in total. The number of rotatable bonds is 4. The fraction of sp³-hybridized carbons (Fsp3) is 0.316. The Morgan fingerprint density at radius 1 is 1.08 bits per heavy atom. The molecule has 2 aromatic heterocycles. The maximum Gasteiger partial charge on any atom is 0.417 e. The molecular weight excluding hydrogens is 329 g/mol. The molecule has 1 N–H and O–H groups in total. The van der Waals surface area contributed by atoms with Gasteiger partial charge in [0.2, 0.25) is 0 Å². The van der Waals surface area contributed by atoms with Crippen molar-refractivity contribution < 1.29 is 17.6 Å². The maximum absolute atomic E-state index is 13.2. The second-order valence-electron chi connectivity index (χ2n) is 6.45. The molecule has 2 heterocycles. The lowest BCUT2D eigenvalue weighted by atomic mass is 10.1. The number of imidazole rings is 1. The number of aryl methyl sites for hydroxylation is 1. The summed E-state index contributed by atoms with van der Waals surface area (Å²) in [5, 5.41) is 0. The minimum absolute atomic E-state index is 0.0203. The Morgan fingerprint density at radius 2 is 1.76 bits per heavy atom. The van der Waals surface area contributed by atoms with Gasteiger partial charge in [0, 0.05) is 11.3 Å². The predicted molar refractivity (Wildman–Crippen MR) is 90.0 cm³/mol. The van der Waals surface area contributed by atoms with Gasteiger partial charge >= 0.3 is 6.18 Å². The van der Waals surface area contributed by atoms with Crippen molar-refractivity contribution in [2.45, 2.75) is 33.4 Å². The Balaban J connectivity index is 1.97. The largest absolute Gasteiger partial charge is 0.453 e. The second kappa shape index (κ2) is 6.43. The molecule has 0 fully saturated rings. The Hall–Kier alpha value is -2.50. The van der Waals surface area contributed by atoms with E-state index in [1.165, 1.54) is 12.1 Å². The van der Waals surface area contributed by atoms with Gasteiger partial charge in [0.1, 0.15) is 5.76 Å². The molecule has 0 bridgehead atoms. The average Bonchev–Trinajstić information content (AvgIpc) is 3.14. The van der Waals surface area contributed by atoms with Gasteiger partial charge in [-0.05, 0) is 37.5 Å². The monoisotopic (exact) mass is 348 g/mol. The normalized spacial score (nSPS) is 12.1. The van der Waals surface area contributed by atoms with Crippen LogP contribution in [0.4, 0.5) is 13.2 Å². The third-order valence-electron chi connectivity index (χ3n) is 3.94. The molecule has 0 radical (unpaired) electrons. The van der Waals surface area contributed by atoms with E-state index in [2.05, 4.69) is 23.8 Å². The number of furan rings is 1. The summed E-state index contributed by atoms with van der Waals surface area (Å²) in [7, 11) is 0. The molecule has 1 aromatic carbocycles. The first-order chi connectivity index (χ1) is 11.8. The van der Waals surface area contributed by atoms with Crippen molar-refractivity contribution in [3.05, 3.63) is 53.3 Å². The molecule has 0 aliphatic rings. The maximum atomic E-state index is 13.2. The van der Waals surface area contributed by atoms with E-state index < -0.39 is 11.7 Å². The van der Waals surface area contributed by atoms with Crippen LogP contribution in [0.25, 0.3) is 22.9 Å². The number of aromatic nitrogens is 2. The fourth-order valence-corrected chi connectivity index (χ4v) is 2.78. The molecule has 3 rings (SSSR count). The highest BCUT2D eigenvalue weighted by atomic mass is 19.4. The van der Waals surface area contributed by atoms with Crippen molar-refractivity contribution in [3.63, 3.8) is 0 Å². The first-order valence-electron chi connectivity index (χ1n) is 8.08. The molecule has 25 heavy (non-hydrogen) atoms. The number of hydrogen-bond donors (Lipinski definition) is 1. The average molecular weight is 348 g/mol. The highest BCUT2D eigenvalue weighted by Gasteiger charge is 2.34. The van der Waals surface area contributed by atoms with E-state index in [-0.39, 0.29) is 11.3 Å². The zero-order chi connectivity index (χ0) is 18.2. The molecule has 0 spiro atoms. The van der Waals surface area contributed by atoms with E-state index in [1.54, 1.807) is 18.2 Å². The second-order valence-corrected chi connectivity index (χ2v) is 6.45. The number of nitrogens with one attached hydrogen (secondary N) is 1. The predicted octanol–water partition coefficient (Wildman–Crippen LogP) is 5.86. The van der Waals surface area contributed by atoms with Gasteiger partial charge in [0.05, 0.1) is 11.3 Å². The quantitative estimate of drug-likeness (QED) is 0.641. The molecule has 0 amide bonds. The molecule has 0 aliphatic carbocycles. The summed E-state index contributed by atoms with van der Waals surface area (Å²) in [6.07, 6.45) is -3.58. The van der Waals surface area contributed by atoms with E-state index in [9.17, 15) is 13.2 Å². The van der Waals surface area contributed by atoms with E-state index in [0.29, 0.717) is 17.5 Å². The van der Waals surface area contributed by atoms with Gasteiger partial charge in [-0.25, -0.2) is 4.98 Å². The number of aromatic amines is 1. The summed E-state index contributed by atoms with van der Waals surface area (Å²) < 4.78 is 45.2. The van der Waals surface area contributed by atoms with Gasteiger partial charge in [-0.2, -0.15) is 13.2 Å². The molecule has 6 heteroatoms. The van der Waals surface area contributed by atoms with Crippen LogP contribution >= 0.6 is 0 Å². The summed E-state index contributed by atoms with van der Waals surface area (Å²) in [5.74, 6) is 1.59. The third kappa shape index (κ3) is 3.62. The first kappa shape index (κ1) is 17.3. The van der Waals surface area contributed by atoms with Crippen LogP contribution in [0.3, 0.4) is 0 Å². The number of benzene rings is 1. The van der Waals surface area contributed by atoms with Crippen LogP contribution < -0.4 is 0 Å². The van der Waals surface area contributed by atoms with Crippen LogP contribution in [-0.4, -0.2) is 9.97 Å². The van der Waals surface area contributed by atoms with Crippen molar-refractivity contribution in [1.82, 2.24) is 9.97 Å². The van der Waals surface area contributed by atoms with Crippen molar-refractivity contribution in [2.24, 2.45) is 5.92 Å². The van der Waals surface area contributed by atoms with E-state index in [1.807, 2.05) is 6.92 Å². The lowest BCUT2D eigenvalue weighted by Crippen LogP contribution is -2.06. The van der Waals surface area contributed by atoms with Crippen LogP contribution in [0.15, 0.2) is 40.8 Å². The Kier molecular flexibility index (Phi) is 4.45. The van der Waals surface area contributed by atoms with Crippen molar-refractivity contribution in [1.29, 1.82) is 0 Å². The van der Waals surface area contributed by atoms with Crippen molar-refractivity contribution in [2.75, 3.05) is 0 Å². The molecular formula is C19H19F3N2O. The Labute approximate surface area is 143 Å². The van der Waals surface area contributed by atoms with E-state index in [4.69, 9.17) is 4.42 Å². The van der Waals surface area contributed by atoms with Gasteiger partial charge in [-0.3, -0.25) is 0 Å². The SMILES string of the molecule is Cc1nc(-c2ccc(-c3ccccc3C(F)(F)F)o2)[nH]c1CC(C)C. The third-order valence-corrected chi connectivity index (χ3v) is 3.94. The van der Waals surface area contributed by atoms with Crippen molar-refractivity contribution in [3.8, 4) is 22.9 Å². The zero-order valence-corrected chi connectivity index (χ0v) is 14.2. The van der Waals surface area contributed by atoms with Gasteiger partial charge < -0.3 is 9.40 Å². The van der Waals surface area contributed by atoms with Crippen LogP contribution in [0.1, 0.15) is 30.8 Å². The van der Waals surface area contributed by atoms with Crippen LogP contribution in [0, 0.1) is 12.8 Å². The number of alkyl halides is 3. The molecule has 132 valence electrons. The zero-order valence-electron chi connectivity index (χ0n) is 14.2. The van der Waals surface area contributed by atoms with Gasteiger partial charge in [-0.1, -0.05) is 32.0 Å². The van der Waals surface area contributed by atoms with E-state index in [0.717, 1.165) is 23.9 Å². The fourth-order valence-electron chi connectivity index (χ4n) is 2.78. The Morgan fingerprint density at radius 3 is 2.44 bits per heavy atom. The number of halogens is 3. The van der Waals surface area contributed by atoms with Crippen LogP contribution in [-0.2, 0) is 12.6 Å². The summed E-state index contributed by atoms with van der Waals surface area (Å²) in [6.45, 7) is 6.12. The van der Waals surface area contributed by atoms with Crippen LogP contribution in [0.2, 0.25) is 0 Å². The number of hydrogen-bond acceptors (Lipinski definition) is 2. The molecule has 3 aromatic rings. The topological polar surface area (TPSA) is 41.8 Å². The van der Waals surface area contributed by atoms with Gasteiger partial charge in [-0.15, -0.1) is 0 Å². The van der Waals surface area contributed by atoms with E-state index >= 15 is 0 Å². The number of H-pyrrole nitrogens is 1. The highest BCUT2D eigenvalue weighted by Crippen LogP contribution is 2.38. The minimum Gasteiger partial charge on any atom is -0.453 e. The molecule has 0 unspecified atom stereocenters. The standard InChI is InChI=1S/C19H19F3N2O/c1-11(2)10-15-12(3)23-18(24-15)17-9-8-16(25-17)13-6-4-5-7-14(13)19(20,21)22/h4-9,11H,10H2,1-3H3,(H,23,24). The molecule has 0 saturated carbocycles. The molecule has 0 atom stereocenters. The smallest absolute Gasteiger partial charge is 0.417 e. The lowest BCUT2D eigenvalue weighted by Gasteiger charge is -2.10. The molecule has 0 saturated heterocycles. The first-order valence-corrected chi connectivity index (χ1v) is 8.08. The molecule has 0 aliphatic heterocycles. The summed E-state index contributed by atoms with van der Waals surface area (Å²) >= 11 is 0. The lowest BCUT2D eigenvalue weighted by molar-refractivity contribution is -0.137. The van der Waals surface area contributed by atoms with Crippen LogP contribution in [0.5, 0.6) is 0 Å². The van der Waals surface area contributed by atoms with Gasteiger partial charge in [0.15, 0.2) is 11.6 Å². The highest BCUT2D eigenvalue weighted by molar-refractivity contribution is 5.66. The minimum atomic E-state index is -4.44. The Bertz CT molecular complexity index is 875.